The van der Waals surface area contributed by atoms with E-state index in [1.807, 2.05) is 49.4 Å². The highest BCUT2D eigenvalue weighted by molar-refractivity contribution is 7.99. The Bertz CT molecular complexity index is 1060. The normalized spacial score (nSPS) is 11.2. The number of benzene rings is 2. The van der Waals surface area contributed by atoms with Crippen LogP contribution in [-0.4, -0.2) is 21.7 Å². The van der Waals surface area contributed by atoms with Gasteiger partial charge in [-0.3, -0.25) is 4.79 Å². The molecule has 4 rings (SSSR count). The number of carbonyl (C=O) groups is 1. The second-order valence-corrected chi connectivity index (χ2v) is 6.96. The monoisotopic (exact) mass is 364 g/mol. The molecule has 0 radical (unpaired) electrons. The van der Waals surface area contributed by atoms with E-state index in [4.69, 9.17) is 8.83 Å². The number of fused-ring (bicyclic) bond motifs is 1. The molecule has 0 saturated carbocycles. The van der Waals surface area contributed by atoms with Gasteiger partial charge in [-0.25, -0.2) is 0 Å². The van der Waals surface area contributed by atoms with Crippen LogP contribution in [-0.2, 0) is 0 Å². The second-order valence-electron chi connectivity index (χ2n) is 6.03. The van der Waals surface area contributed by atoms with E-state index in [9.17, 15) is 4.79 Å². The predicted molar refractivity (Wildman–Crippen MR) is 100 cm³/mol. The van der Waals surface area contributed by atoms with Crippen molar-refractivity contribution in [3.05, 3.63) is 65.4 Å². The van der Waals surface area contributed by atoms with E-state index < -0.39 is 0 Å². The molecule has 2 aromatic heterocycles. The fraction of sp³-hybridized carbons (Fsp3) is 0.150. The summed E-state index contributed by atoms with van der Waals surface area (Å²) in [7, 11) is 0. The molecule has 0 amide bonds. The summed E-state index contributed by atoms with van der Waals surface area (Å²) in [5, 5.41) is 9.36. The van der Waals surface area contributed by atoms with Crippen LogP contribution in [0.4, 0.5) is 0 Å². The summed E-state index contributed by atoms with van der Waals surface area (Å²) in [5.74, 6) is 0.852. The van der Waals surface area contributed by atoms with E-state index in [-0.39, 0.29) is 11.5 Å². The Morgan fingerprint density at radius 2 is 1.85 bits per heavy atom. The Kier molecular flexibility index (Phi) is 4.34. The van der Waals surface area contributed by atoms with Gasteiger partial charge in [-0.05, 0) is 49.2 Å². The Hall–Kier alpha value is -2.86. The van der Waals surface area contributed by atoms with Crippen molar-refractivity contribution >= 4 is 28.5 Å². The van der Waals surface area contributed by atoms with E-state index in [1.54, 1.807) is 6.07 Å². The number of rotatable bonds is 5. The van der Waals surface area contributed by atoms with Gasteiger partial charge in [-0.15, -0.1) is 10.2 Å². The van der Waals surface area contributed by atoms with Gasteiger partial charge in [-0.1, -0.05) is 36.0 Å². The highest BCUT2D eigenvalue weighted by Crippen LogP contribution is 2.26. The number of thioether (sulfide) groups is 1. The predicted octanol–water partition coefficient (Wildman–Crippen LogP) is 5.07. The zero-order valence-corrected chi connectivity index (χ0v) is 15.2. The van der Waals surface area contributed by atoms with Gasteiger partial charge in [0.2, 0.25) is 11.7 Å². The van der Waals surface area contributed by atoms with Crippen molar-refractivity contribution in [3.63, 3.8) is 0 Å². The van der Waals surface area contributed by atoms with Crippen LogP contribution in [0.1, 0.15) is 21.7 Å². The molecule has 0 aliphatic rings. The molecular formula is C20H16N2O3S. The molecule has 5 nitrogen and oxygen atoms in total. The molecule has 0 bridgehead atoms. The first kappa shape index (κ1) is 16.6. The zero-order chi connectivity index (χ0) is 18.1. The SMILES string of the molecule is Cc1ccc(-c2nnc(SCC(=O)c3cc4ccccc4o3)o2)cc1C. The molecule has 26 heavy (non-hydrogen) atoms. The van der Waals surface area contributed by atoms with Crippen molar-refractivity contribution in [1.82, 2.24) is 10.2 Å². The molecular weight excluding hydrogens is 348 g/mol. The van der Waals surface area contributed by atoms with Crippen molar-refractivity contribution in [2.24, 2.45) is 0 Å². The van der Waals surface area contributed by atoms with Crippen molar-refractivity contribution in [2.75, 3.05) is 5.75 Å². The molecule has 0 N–H and O–H groups in total. The van der Waals surface area contributed by atoms with E-state index in [2.05, 4.69) is 17.1 Å². The first-order valence-corrected chi connectivity index (χ1v) is 9.14. The van der Waals surface area contributed by atoms with Gasteiger partial charge in [0.1, 0.15) is 5.58 Å². The smallest absolute Gasteiger partial charge is 0.277 e. The van der Waals surface area contributed by atoms with E-state index in [1.165, 1.54) is 17.3 Å². The lowest BCUT2D eigenvalue weighted by atomic mass is 10.1. The van der Waals surface area contributed by atoms with Gasteiger partial charge in [-0.2, -0.15) is 0 Å². The molecule has 6 heteroatoms. The first-order valence-electron chi connectivity index (χ1n) is 8.16. The highest BCUT2D eigenvalue weighted by Gasteiger charge is 2.15. The molecule has 0 unspecified atom stereocenters. The number of hydrogen-bond donors (Lipinski definition) is 0. The second kappa shape index (κ2) is 6.80. The van der Waals surface area contributed by atoms with E-state index >= 15 is 0 Å². The average molecular weight is 364 g/mol. The third-order valence-electron chi connectivity index (χ3n) is 4.19. The Labute approximate surface area is 154 Å². The number of ketones is 1. The Balaban J connectivity index is 1.45. The summed E-state index contributed by atoms with van der Waals surface area (Å²) in [6.45, 7) is 4.09. The van der Waals surface area contributed by atoms with Crippen molar-refractivity contribution in [3.8, 4) is 11.5 Å². The van der Waals surface area contributed by atoms with Crippen LogP contribution in [0.25, 0.3) is 22.4 Å². The molecule has 0 fully saturated rings. The third-order valence-corrected chi connectivity index (χ3v) is 5.01. The summed E-state index contributed by atoms with van der Waals surface area (Å²) < 4.78 is 11.3. The summed E-state index contributed by atoms with van der Waals surface area (Å²) >= 11 is 1.21. The molecule has 130 valence electrons. The lowest BCUT2D eigenvalue weighted by Gasteiger charge is -2.00. The summed E-state index contributed by atoms with van der Waals surface area (Å²) in [6, 6.07) is 15.3. The number of aryl methyl sites for hydroxylation is 2. The third kappa shape index (κ3) is 3.28. The fourth-order valence-corrected chi connectivity index (χ4v) is 3.21. The van der Waals surface area contributed by atoms with Crippen molar-refractivity contribution in [2.45, 2.75) is 19.1 Å². The maximum Gasteiger partial charge on any atom is 0.277 e. The van der Waals surface area contributed by atoms with Gasteiger partial charge in [0, 0.05) is 10.9 Å². The number of nitrogens with zero attached hydrogens (tertiary/aromatic N) is 2. The minimum absolute atomic E-state index is 0.114. The quantitative estimate of drug-likeness (QED) is 0.363. The largest absolute Gasteiger partial charge is 0.453 e. The number of Topliss-reactive ketones (excluding diaryl/α,β-unsaturated/α-hetero) is 1. The maximum atomic E-state index is 12.3. The Morgan fingerprint density at radius 3 is 2.65 bits per heavy atom. The first-order chi connectivity index (χ1) is 12.6. The Morgan fingerprint density at radius 1 is 1.00 bits per heavy atom. The molecule has 0 aliphatic carbocycles. The number of aromatic nitrogens is 2. The van der Waals surface area contributed by atoms with Crippen LogP contribution in [0, 0.1) is 13.8 Å². The van der Waals surface area contributed by atoms with Crippen LogP contribution in [0.15, 0.2) is 62.6 Å². The minimum Gasteiger partial charge on any atom is -0.453 e. The standard InChI is InChI=1S/C20H16N2O3S/c1-12-7-8-15(9-13(12)2)19-21-22-20(25-19)26-11-16(23)18-10-14-5-3-4-6-17(14)24-18/h3-10H,11H2,1-2H3. The molecule has 4 aromatic rings. The molecule has 2 heterocycles. The van der Waals surface area contributed by atoms with Crippen LogP contribution in [0.2, 0.25) is 0 Å². The molecule has 0 aliphatic heterocycles. The number of carbonyl (C=O) groups excluding carboxylic acids is 1. The van der Waals surface area contributed by atoms with Crippen LogP contribution >= 0.6 is 11.8 Å². The van der Waals surface area contributed by atoms with E-state index in [0.29, 0.717) is 22.5 Å². The lowest BCUT2D eigenvalue weighted by molar-refractivity contribution is 0.0994. The van der Waals surface area contributed by atoms with Gasteiger partial charge in [0.15, 0.2) is 5.76 Å². The minimum atomic E-state index is -0.114. The lowest BCUT2D eigenvalue weighted by Crippen LogP contribution is -2.00. The van der Waals surface area contributed by atoms with Crippen molar-refractivity contribution < 1.29 is 13.6 Å². The molecule has 0 saturated heterocycles. The van der Waals surface area contributed by atoms with Crippen LogP contribution < -0.4 is 0 Å². The fourth-order valence-electron chi connectivity index (χ4n) is 2.58. The number of hydrogen-bond acceptors (Lipinski definition) is 6. The van der Waals surface area contributed by atoms with Crippen LogP contribution in [0.5, 0.6) is 0 Å². The van der Waals surface area contributed by atoms with Crippen molar-refractivity contribution in [1.29, 1.82) is 0 Å². The number of furan rings is 1. The highest BCUT2D eigenvalue weighted by atomic mass is 32.2. The van der Waals surface area contributed by atoms with Gasteiger partial charge < -0.3 is 8.83 Å². The maximum absolute atomic E-state index is 12.3. The topological polar surface area (TPSA) is 69.1 Å². The van der Waals surface area contributed by atoms with Crippen LogP contribution in [0.3, 0.4) is 0 Å². The van der Waals surface area contributed by atoms with E-state index in [0.717, 1.165) is 16.5 Å². The number of para-hydroxylation sites is 1. The average Bonchev–Trinajstić information content (AvgIpc) is 3.28. The van der Waals surface area contributed by atoms with Gasteiger partial charge in [0.25, 0.3) is 5.22 Å². The molecule has 2 aromatic carbocycles. The molecule has 0 spiro atoms. The van der Waals surface area contributed by atoms with Gasteiger partial charge >= 0.3 is 0 Å². The zero-order valence-electron chi connectivity index (χ0n) is 14.4. The summed E-state index contributed by atoms with van der Waals surface area (Å²) in [6.07, 6.45) is 0. The summed E-state index contributed by atoms with van der Waals surface area (Å²) in [4.78, 5) is 12.3. The summed E-state index contributed by atoms with van der Waals surface area (Å²) in [5.41, 5.74) is 3.95. The van der Waals surface area contributed by atoms with Gasteiger partial charge in [0.05, 0.1) is 5.75 Å². The molecule has 0 atom stereocenters.